The minimum absolute atomic E-state index is 0.0752. The molecule has 3 N–H and O–H groups in total. The third-order valence-electron chi connectivity index (χ3n) is 4.39. The first-order chi connectivity index (χ1) is 6.60. The van der Waals surface area contributed by atoms with Crippen LogP contribution in [0, 0.1) is 23.2 Å². The first-order valence-corrected chi connectivity index (χ1v) is 5.52. The zero-order valence-electron chi connectivity index (χ0n) is 8.70. The van der Waals surface area contributed by atoms with E-state index in [-0.39, 0.29) is 11.8 Å². The lowest BCUT2D eigenvalue weighted by Crippen LogP contribution is -2.37. The summed E-state index contributed by atoms with van der Waals surface area (Å²) in [5.74, 6) is 1.39. The van der Waals surface area contributed by atoms with Crippen LogP contribution in [0.3, 0.4) is 0 Å². The van der Waals surface area contributed by atoms with Gasteiger partial charge >= 0.3 is 5.97 Å². The molecular formula is C11H19NO2. The lowest BCUT2D eigenvalue weighted by Gasteiger charge is -2.35. The second-order valence-corrected chi connectivity index (χ2v) is 5.08. The summed E-state index contributed by atoms with van der Waals surface area (Å²) in [5, 5.41) is 8.93. The van der Waals surface area contributed by atoms with Gasteiger partial charge in [0.2, 0.25) is 0 Å². The van der Waals surface area contributed by atoms with Crippen LogP contribution in [-0.2, 0) is 4.79 Å². The maximum Gasteiger partial charge on any atom is 0.303 e. The Labute approximate surface area is 84.7 Å². The number of rotatable bonds is 3. The molecule has 14 heavy (non-hydrogen) atoms. The van der Waals surface area contributed by atoms with Gasteiger partial charge in [-0.05, 0) is 42.6 Å². The Bertz CT molecular complexity index is 254. The molecule has 0 radical (unpaired) electrons. The molecule has 2 rings (SSSR count). The van der Waals surface area contributed by atoms with Gasteiger partial charge in [-0.2, -0.15) is 0 Å². The normalized spacial score (nSPS) is 45.7. The van der Waals surface area contributed by atoms with E-state index in [9.17, 15) is 4.79 Å². The summed E-state index contributed by atoms with van der Waals surface area (Å²) in [6.45, 7) is 2.79. The van der Waals surface area contributed by atoms with E-state index in [2.05, 4.69) is 6.92 Å². The molecule has 2 aliphatic carbocycles. The van der Waals surface area contributed by atoms with Gasteiger partial charge < -0.3 is 10.8 Å². The van der Waals surface area contributed by atoms with Gasteiger partial charge in [-0.25, -0.2) is 0 Å². The predicted molar refractivity (Wildman–Crippen MR) is 53.7 cm³/mol. The maximum atomic E-state index is 10.8. The molecule has 0 aliphatic heterocycles. The van der Waals surface area contributed by atoms with E-state index in [0.29, 0.717) is 18.4 Å². The first-order valence-electron chi connectivity index (χ1n) is 5.52. The minimum Gasteiger partial charge on any atom is -0.481 e. The van der Waals surface area contributed by atoms with Crippen molar-refractivity contribution in [2.24, 2.45) is 28.9 Å². The quantitative estimate of drug-likeness (QED) is 0.720. The van der Waals surface area contributed by atoms with Crippen molar-refractivity contribution >= 4 is 5.97 Å². The lowest BCUT2D eigenvalue weighted by molar-refractivity contribution is -0.140. The van der Waals surface area contributed by atoms with Crippen molar-refractivity contribution in [1.82, 2.24) is 0 Å². The van der Waals surface area contributed by atoms with Crippen LogP contribution in [0.25, 0.3) is 0 Å². The Morgan fingerprint density at radius 2 is 2.36 bits per heavy atom. The fourth-order valence-corrected chi connectivity index (χ4v) is 3.67. The first kappa shape index (κ1) is 9.97. The van der Waals surface area contributed by atoms with Crippen LogP contribution < -0.4 is 5.73 Å². The van der Waals surface area contributed by atoms with Gasteiger partial charge in [0.25, 0.3) is 0 Å². The second-order valence-electron chi connectivity index (χ2n) is 5.08. The number of hydrogen-bond donors (Lipinski definition) is 2. The Morgan fingerprint density at radius 3 is 2.93 bits per heavy atom. The molecule has 4 atom stereocenters. The van der Waals surface area contributed by atoms with Gasteiger partial charge in [0.1, 0.15) is 0 Å². The van der Waals surface area contributed by atoms with Gasteiger partial charge in [0.05, 0.1) is 6.42 Å². The van der Waals surface area contributed by atoms with Crippen molar-refractivity contribution in [3.8, 4) is 0 Å². The molecule has 4 unspecified atom stereocenters. The van der Waals surface area contributed by atoms with Gasteiger partial charge in [0.15, 0.2) is 0 Å². The summed E-state index contributed by atoms with van der Waals surface area (Å²) in [5.41, 5.74) is 5.73. The topological polar surface area (TPSA) is 63.3 Å². The lowest BCUT2D eigenvalue weighted by atomic mass is 9.71. The number of carbonyl (C=O) groups is 1. The zero-order valence-corrected chi connectivity index (χ0v) is 8.70. The van der Waals surface area contributed by atoms with E-state index in [1.807, 2.05) is 0 Å². The fourth-order valence-electron chi connectivity index (χ4n) is 3.67. The molecule has 80 valence electrons. The van der Waals surface area contributed by atoms with Crippen molar-refractivity contribution in [2.45, 2.75) is 32.6 Å². The Hall–Kier alpha value is -0.570. The number of fused-ring (bicyclic) bond motifs is 1. The molecule has 2 saturated carbocycles. The van der Waals surface area contributed by atoms with Gasteiger partial charge in [-0.1, -0.05) is 13.3 Å². The van der Waals surface area contributed by atoms with Crippen molar-refractivity contribution in [1.29, 1.82) is 0 Å². The van der Waals surface area contributed by atoms with E-state index in [0.717, 1.165) is 18.8 Å². The third kappa shape index (κ3) is 1.34. The Morgan fingerprint density at radius 1 is 1.64 bits per heavy atom. The van der Waals surface area contributed by atoms with Crippen molar-refractivity contribution in [2.75, 3.05) is 6.54 Å². The molecule has 0 aromatic carbocycles. The molecule has 0 aromatic heterocycles. The molecule has 0 amide bonds. The van der Waals surface area contributed by atoms with Crippen LogP contribution in [0.1, 0.15) is 32.6 Å². The molecule has 0 heterocycles. The maximum absolute atomic E-state index is 10.8. The monoisotopic (exact) mass is 197 g/mol. The fraction of sp³-hybridized carbons (Fsp3) is 0.909. The van der Waals surface area contributed by atoms with Gasteiger partial charge in [-0.3, -0.25) is 4.79 Å². The van der Waals surface area contributed by atoms with E-state index in [1.165, 1.54) is 6.42 Å². The third-order valence-corrected chi connectivity index (χ3v) is 4.39. The molecule has 0 bridgehead atoms. The summed E-state index contributed by atoms with van der Waals surface area (Å²) in [6, 6.07) is 0. The van der Waals surface area contributed by atoms with Crippen LogP contribution in [-0.4, -0.2) is 17.6 Å². The van der Waals surface area contributed by atoms with Crippen molar-refractivity contribution in [3.05, 3.63) is 0 Å². The molecule has 3 heteroatoms. The smallest absolute Gasteiger partial charge is 0.303 e. The highest BCUT2D eigenvalue weighted by molar-refractivity contribution is 5.68. The molecule has 0 spiro atoms. The van der Waals surface area contributed by atoms with Crippen LogP contribution in [0.5, 0.6) is 0 Å². The number of aliphatic carboxylic acids is 1. The summed E-state index contributed by atoms with van der Waals surface area (Å²) >= 11 is 0. The highest BCUT2D eigenvalue weighted by Gasteiger charge is 2.59. The average Bonchev–Trinajstić information content (AvgIpc) is 2.78. The second kappa shape index (κ2) is 3.23. The largest absolute Gasteiger partial charge is 0.481 e. The van der Waals surface area contributed by atoms with Crippen LogP contribution in [0.4, 0.5) is 0 Å². The predicted octanol–water partition coefficient (Wildman–Crippen LogP) is 1.47. The van der Waals surface area contributed by atoms with Crippen LogP contribution in [0.2, 0.25) is 0 Å². The minimum atomic E-state index is -0.685. The van der Waals surface area contributed by atoms with Crippen molar-refractivity contribution in [3.63, 3.8) is 0 Å². The summed E-state index contributed by atoms with van der Waals surface area (Å²) in [7, 11) is 0. The Kier molecular flexibility index (Phi) is 2.30. The molecule has 3 nitrogen and oxygen atoms in total. The van der Waals surface area contributed by atoms with Crippen LogP contribution in [0.15, 0.2) is 0 Å². The Balaban J connectivity index is 2.14. The zero-order chi connectivity index (χ0) is 10.3. The summed E-state index contributed by atoms with van der Waals surface area (Å²) in [6.07, 6.45) is 3.74. The number of carboxylic acids is 1. The summed E-state index contributed by atoms with van der Waals surface area (Å²) < 4.78 is 0. The van der Waals surface area contributed by atoms with Gasteiger partial charge in [-0.15, -0.1) is 0 Å². The molecule has 0 aromatic rings. The van der Waals surface area contributed by atoms with Gasteiger partial charge in [0, 0.05) is 0 Å². The van der Waals surface area contributed by atoms with E-state index in [1.54, 1.807) is 0 Å². The van der Waals surface area contributed by atoms with Crippen LogP contribution >= 0.6 is 0 Å². The summed E-state index contributed by atoms with van der Waals surface area (Å²) in [4.78, 5) is 10.8. The molecular weight excluding hydrogens is 178 g/mol. The van der Waals surface area contributed by atoms with E-state index < -0.39 is 5.97 Å². The average molecular weight is 197 g/mol. The van der Waals surface area contributed by atoms with E-state index >= 15 is 0 Å². The highest BCUT2D eigenvalue weighted by atomic mass is 16.4. The molecule has 0 saturated heterocycles. The number of nitrogens with two attached hydrogens (primary N) is 1. The molecule has 2 aliphatic rings. The molecule has 2 fully saturated rings. The highest BCUT2D eigenvalue weighted by Crippen LogP contribution is 2.64. The number of hydrogen-bond acceptors (Lipinski definition) is 2. The standard InChI is InChI=1S/C11H19NO2/c1-7-8-3-2-4-11(6-12,10(7)8)5-9(13)14/h7-8,10H,2-6,12H2,1H3,(H,13,14). The van der Waals surface area contributed by atoms with Crippen molar-refractivity contribution < 1.29 is 9.90 Å². The van der Waals surface area contributed by atoms with E-state index in [4.69, 9.17) is 10.8 Å². The SMILES string of the molecule is CC1C2CCCC(CN)(CC(=O)O)C12. The number of carboxylic acid groups (broad SMARTS) is 1.